The summed E-state index contributed by atoms with van der Waals surface area (Å²) in [5, 5.41) is 6.85. The van der Waals surface area contributed by atoms with E-state index in [1.54, 1.807) is 0 Å². The molecule has 5 heteroatoms. The standard InChI is InChI=1S/C15H21ClN2OS/c1-10(19)17-13-5-4-11(8-12(13)16)18-14-9-20-7-6-15(14,2)3/h4-5,8,14,18H,6-7,9H2,1-3H3,(H,17,19). The van der Waals surface area contributed by atoms with Crippen LogP contribution in [-0.4, -0.2) is 23.5 Å². The van der Waals surface area contributed by atoms with Crippen LogP contribution in [0.1, 0.15) is 27.2 Å². The lowest BCUT2D eigenvalue weighted by atomic mass is 9.82. The van der Waals surface area contributed by atoms with Gasteiger partial charge in [0.25, 0.3) is 0 Å². The molecule has 0 aromatic heterocycles. The Bertz CT molecular complexity index is 505. The number of amides is 1. The fourth-order valence-electron chi connectivity index (χ4n) is 2.27. The minimum Gasteiger partial charge on any atom is -0.381 e. The molecule has 1 fully saturated rings. The minimum absolute atomic E-state index is 0.113. The molecule has 20 heavy (non-hydrogen) atoms. The molecule has 1 unspecified atom stereocenters. The van der Waals surface area contributed by atoms with Gasteiger partial charge in [-0.2, -0.15) is 11.8 Å². The van der Waals surface area contributed by atoms with Crippen molar-refractivity contribution in [3.63, 3.8) is 0 Å². The van der Waals surface area contributed by atoms with Gasteiger partial charge in [-0.1, -0.05) is 25.4 Å². The minimum atomic E-state index is -0.113. The predicted molar refractivity (Wildman–Crippen MR) is 88.9 cm³/mol. The third-order valence-electron chi connectivity index (χ3n) is 3.74. The molecule has 1 aromatic carbocycles. The summed E-state index contributed by atoms with van der Waals surface area (Å²) in [6, 6.07) is 6.12. The Morgan fingerprint density at radius 2 is 2.20 bits per heavy atom. The second-order valence-electron chi connectivity index (χ2n) is 5.89. The van der Waals surface area contributed by atoms with Gasteiger partial charge in [0.15, 0.2) is 0 Å². The van der Waals surface area contributed by atoms with Crippen molar-refractivity contribution in [2.45, 2.75) is 33.2 Å². The normalized spacial score (nSPS) is 21.3. The summed E-state index contributed by atoms with van der Waals surface area (Å²) in [5.74, 6) is 2.23. The van der Waals surface area contributed by atoms with Crippen LogP contribution in [0, 0.1) is 5.41 Å². The number of halogens is 1. The van der Waals surface area contributed by atoms with Gasteiger partial charge in [0.2, 0.25) is 5.91 Å². The van der Waals surface area contributed by atoms with Crippen LogP contribution < -0.4 is 10.6 Å². The zero-order chi connectivity index (χ0) is 14.8. The number of carbonyl (C=O) groups is 1. The van der Waals surface area contributed by atoms with E-state index >= 15 is 0 Å². The maximum Gasteiger partial charge on any atom is 0.221 e. The van der Waals surface area contributed by atoms with Gasteiger partial charge >= 0.3 is 0 Å². The molecule has 1 aliphatic rings. The Kier molecular flexibility index (Phi) is 4.86. The van der Waals surface area contributed by atoms with Crippen LogP contribution >= 0.6 is 23.4 Å². The molecule has 1 aliphatic heterocycles. The zero-order valence-corrected chi connectivity index (χ0v) is 13.7. The average molecular weight is 313 g/mol. The van der Waals surface area contributed by atoms with E-state index in [0.717, 1.165) is 11.4 Å². The maximum atomic E-state index is 11.1. The summed E-state index contributed by atoms with van der Waals surface area (Å²) in [6.45, 7) is 6.08. The first-order valence-corrected chi connectivity index (χ1v) is 8.33. The summed E-state index contributed by atoms with van der Waals surface area (Å²) in [7, 11) is 0. The fraction of sp³-hybridized carbons (Fsp3) is 0.533. The summed E-state index contributed by atoms with van der Waals surface area (Å²) >= 11 is 8.19. The molecule has 1 atom stereocenters. The van der Waals surface area contributed by atoms with Gasteiger partial charge in [-0.15, -0.1) is 0 Å². The molecule has 0 spiro atoms. The monoisotopic (exact) mass is 312 g/mol. The highest BCUT2D eigenvalue weighted by Gasteiger charge is 2.32. The quantitative estimate of drug-likeness (QED) is 0.877. The third-order valence-corrected chi connectivity index (χ3v) is 5.11. The first kappa shape index (κ1) is 15.5. The molecule has 2 rings (SSSR count). The first-order chi connectivity index (χ1) is 9.38. The molecule has 0 radical (unpaired) electrons. The van der Waals surface area contributed by atoms with E-state index in [2.05, 4.69) is 24.5 Å². The number of hydrogen-bond donors (Lipinski definition) is 2. The molecule has 1 heterocycles. The van der Waals surface area contributed by atoms with Gasteiger partial charge in [-0.25, -0.2) is 0 Å². The summed E-state index contributed by atoms with van der Waals surface area (Å²) in [5.41, 5.74) is 1.94. The van der Waals surface area contributed by atoms with Crippen molar-refractivity contribution in [3.05, 3.63) is 23.2 Å². The average Bonchev–Trinajstić information content (AvgIpc) is 2.35. The number of thioether (sulfide) groups is 1. The van der Waals surface area contributed by atoms with Crippen molar-refractivity contribution in [2.75, 3.05) is 22.1 Å². The number of rotatable bonds is 3. The van der Waals surface area contributed by atoms with Crippen LogP contribution in [0.25, 0.3) is 0 Å². The SMILES string of the molecule is CC(=O)Nc1ccc(NC2CSCCC2(C)C)cc1Cl. The van der Waals surface area contributed by atoms with E-state index in [0.29, 0.717) is 16.8 Å². The van der Waals surface area contributed by atoms with Gasteiger partial charge < -0.3 is 10.6 Å². The highest BCUT2D eigenvalue weighted by atomic mass is 35.5. The number of nitrogens with one attached hydrogen (secondary N) is 2. The van der Waals surface area contributed by atoms with Gasteiger partial charge in [-0.3, -0.25) is 4.79 Å². The van der Waals surface area contributed by atoms with E-state index in [4.69, 9.17) is 11.6 Å². The van der Waals surface area contributed by atoms with Crippen molar-refractivity contribution in [2.24, 2.45) is 5.41 Å². The van der Waals surface area contributed by atoms with Crippen molar-refractivity contribution in [1.82, 2.24) is 0 Å². The van der Waals surface area contributed by atoms with E-state index in [1.807, 2.05) is 30.0 Å². The highest BCUT2D eigenvalue weighted by molar-refractivity contribution is 7.99. The number of anilines is 2. The van der Waals surface area contributed by atoms with E-state index in [1.165, 1.54) is 19.1 Å². The molecule has 0 bridgehead atoms. The number of benzene rings is 1. The molecule has 110 valence electrons. The molecule has 3 nitrogen and oxygen atoms in total. The van der Waals surface area contributed by atoms with E-state index in [9.17, 15) is 4.79 Å². The molecule has 1 saturated heterocycles. The van der Waals surface area contributed by atoms with Crippen LogP contribution in [0.4, 0.5) is 11.4 Å². The van der Waals surface area contributed by atoms with Crippen molar-refractivity contribution in [3.8, 4) is 0 Å². The lowest BCUT2D eigenvalue weighted by Crippen LogP contribution is -2.41. The van der Waals surface area contributed by atoms with Crippen LogP contribution in [0.3, 0.4) is 0 Å². The summed E-state index contributed by atoms with van der Waals surface area (Å²) in [6.07, 6.45) is 1.22. The molecule has 2 N–H and O–H groups in total. The lowest BCUT2D eigenvalue weighted by Gasteiger charge is -2.39. The van der Waals surface area contributed by atoms with Crippen molar-refractivity contribution >= 4 is 40.6 Å². The molecule has 0 aliphatic carbocycles. The Balaban J connectivity index is 2.10. The number of carbonyl (C=O) groups excluding carboxylic acids is 1. The molecule has 1 aromatic rings. The predicted octanol–water partition coefficient (Wildman–Crippen LogP) is 4.24. The topological polar surface area (TPSA) is 41.1 Å². The largest absolute Gasteiger partial charge is 0.381 e. The van der Waals surface area contributed by atoms with Gasteiger partial charge in [0.05, 0.1) is 10.7 Å². The summed E-state index contributed by atoms with van der Waals surface area (Å²) in [4.78, 5) is 11.1. The Morgan fingerprint density at radius 1 is 1.45 bits per heavy atom. The third kappa shape index (κ3) is 3.83. The van der Waals surface area contributed by atoms with Crippen molar-refractivity contribution in [1.29, 1.82) is 0 Å². The molecular formula is C15H21ClN2OS. The first-order valence-electron chi connectivity index (χ1n) is 6.80. The fourth-order valence-corrected chi connectivity index (χ4v) is 4.11. The lowest BCUT2D eigenvalue weighted by molar-refractivity contribution is -0.114. The highest BCUT2D eigenvalue weighted by Crippen LogP contribution is 2.36. The second kappa shape index (κ2) is 6.27. The smallest absolute Gasteiger partial charge is 0.221 e. The molecule has 1 amide bonds. The van der Waals surface area contributed by atoms with Crippen LogP contribution in [-0.2, 0) is 4.79 Å². The van der Waals surface area contributed by atoms with Gasteiger partial charge in [0.1, 0.15) is 0 Å². The van der Waals surface area contributed by atoms with Crippen LogP contribution in [0.5, 0.6) is 0 Å². The van der Waals surface area contributed by atoms with Gasteiger partial charge in [-0.05, 0) is 35.8 Å². The summed E-state index contributed by atoms with van der Waals surface area (Å²) < 4.78 is 0. The second-order valence-corrected chi connectivity index (χ2v) is 7.44. The Morgan fingerprint density at radius 3 is 2.80 bits per heavy atom. The van der Waals surface area contributed by atoms with Crippen molar-refractivity contribution < 1.29 is 4.79 Å². The maximum absolute atomic E-state index is 11.1. The molecule has 0 saturated carbocycles. The number of hydrogen-bond acceptors (Lipinski definition) is 3. The van der Waals surface area contributed by atoms with Gasteiger partial charge in [0, 0.05) is 24.4 Å². The van der Waals surface area contributed by atoms with E-state index < -0.39 is 0 Å². The zero-order valence-electron chi connectivity index (χ0n) is 12.1. The molecular weight excluding hydrogens is 292 g/mol. The Hall–Kier alpha value is -0.870. The van der Waals surface area contributed by atoms with E-state index in [-0.39, 0.29) is 11.3 Å². The van der Waals surface area contributed by atoms with Crippen LogP contribution in [0.2, 0.25) is 5.02 Å². The van der Waals surface area contributed by atoms with Crippen LogP contribution in [0.15, 0.2) is 18.2 Å². The Labute approximate surface area is 129 Å².